The number of aliphatic carboxylic acids is 1. The molecule has 0 aliphatic carbocycles. The van der Waals surface area contributed by atoms with Crippen LogP contribution in [0.3, 0.4) is 0 Å². The zero-order valence-electron chi connectivity index (χ0n) is 11.3. The Hall–Kier alpha value is -1.63. The van der Waals surface area contributed by atoms with Gasteiger partial charge in [-0.2, -0.15) is 0 Å². The molecule has 2 atom stereocenters. The van der Waals surface area contributed by atoms with E-state index >= 15 is 0 Å². The first-order valence-electron chi connectivity index (χ1n) is 6.38. The first-order chi connectivity index (χ1) is 8.82. The molecule has 0 aromatic heterocycles. The second kappa shape index (κ2) is 6.51. The Balaban J connectivity index is 2.78. The smallest absolute Gasteiger partial charge is 0.305 e. The molecule has 0 bridgehead atoms. The molecule has 1 rings (SSSR count). The van der Waals surface area contributed by atoms with Crippen LogP contribution in [0.2, 0.25) is 0 Å². The third kappa shape index (κ3) is 4.20. The maximum absolute atomic E-state index is 12.2. The summed E-state index contributed by atoms with van der Waals surface area (Å²) in [5, 5.41) is 11.4. The van der Waals surface area contributed by atoms with Crippen molar-refractivity contribution in [3.8, 4) is 0 Å². The molecule has 108 valence electrons. The van der Waals surface area contributed by atoms with E-state index in [-0.39, 0.29) is 11.8 Å². The predicted octanol–water partition coefficient (Wildman–Crippen LogP) is -0.838. The molecule has 1 aliphatic heterocycles. The molecule has 4 N–H and O–H groups in total. The number of amides is 2. The summed E-state index contributed by atoms with van der Waals surface area (Å²) in [5.41, 5.74) is 5.82. The zero-order valence-corrected chi connectivity index (χ0v) is 11.3. The van der Waals surface area contributed by atoms with Crippen LogP contribution in [0.15, 0.2) is 0 Å². The van der Waals surface area contributed by atoms with Gasteiger partial charge in [-0.25, -0.2) is 0 Å². The Kier molecular flexibility index (Phi) is 5.29. The van der Waals surface area contributed by atoms with E-state index in [2.05, 4.69) is 5.32 Å². The van der Waals surface area contributed by atoms with Gasteiger partial charge in [0.25, 0.3) is 0 Å². The topological polar surface area (TPSA) is 113 Å². The largest absolute Gasteiger partial charge is 0.481 e. The molecule has 0 saturated carbocycles. The lowest BCUT2D eigenvalue weighted by Crippen LogP contribution is -2.60. The van der Waals surface area contributed by atoms with Crippen LogP contribution in [0, 0.1) is 5.92 Å². The van der Waals surface area contributed by atoms with Gasteiger partial charge >= 0.3 is 5.97 Å². The third-order valence-corrected chi connectivity index (χ3v) is 3.02. The monoisotopic (exact) mass is 271 g/mol. The van der Waals surface area contributed by atoms with E-state index in [1.54, 1.807) is 0 Å². The molecule has 1 aliphatic rings. The second-order valence-corrected chi connectivity index (χ2v) is 5.17. The van der Waals surface area contributed by atoms with Gasteiger partial charge < -0.3 is 21.1 Å². The van der Waals surface area contributed by atoms with Gasteiger partial charge in [0.2, 0.25) is 11.8 Å². The highest BCUT2D eigenvalue weighted by Gasteiger charge is 2.36. The van der Waals surface area contributed by atoms with Crippen LogP contribution in [0.5, 0.6) is 0 Å². The highest BCUT2D eigenvalue weighted by atomic mass is 16.4. The van der Waals surface area contributed by atoms with Crippen LogP contribution in [-0.2, 0) is 14.4 Å². The summed E-state index contributed by atoms with van der Waals surface area (Å²) in [4.78, 5) is 36.0. The lowest BCUT2D eigenvalue weighted by molar-refractivity contribution is -0.149. The van der Waals surface area contributed by atoms with E-state index in [9.17, 15) is 14.4 Å². The zero-order chi connectivity index (χ0) is 14.6. The summed E-state index contributed by atoms with van der Waals surface area (Å²) in [6.45, 7) is 4.53. The van der Waals surface area contributed by atoms with Gasteiger partial charge in [0.15, 0.2) is 0 Å². The highest BCUT2D eigenvalue weighted by Crippen LogP contribution is 2.13. The van der Waals surface area contributed by atoms with Crippen molar-refractivity contribution in [3.05, 3.63) is 0 Å². The molecule has 2 amide bonds. The molecule has 1 saturated heterocycles. The normalized spacial score (nSPS) is 21.2. The number of nitrogens with two attached hydrogens (primary N) is 1. The third-order valence-electron chi connectivity index (χ3n) is 3.02. The summed E-state index contributed by atoms with van der Waals surface area (Å²) < 4.78 is 0. The lowest BCUT2D eigenvalue weighted by atomic mass is 10.0. The first kappa shape index (κ1) is 15.4. The SMILES string of the molecule is CC(C)C[C@H](N)C(=O)N1CCNC(=O)C1CC(=O)O. The average Bonchev–Trinajstić information content (AvgIpc) is 2.29. The van der Waals surface area contributed by atoms with Crippen molar-refractivity contribution < 1.29 is 19.5 Å². The molecule has 19 heavy (non-hydrogen) atoms. The van der Waals surface area contributed by atoms with Gasteiger partial charge in [-0.15, -0.1) is 0 Å². The molecule has 1 unspecified atom stereocenters. The van der Waals surface area contributed by atoms with Crippen molar-refractivity contribution in [2.75, 3.05) is 13.1 Å². The number of carboxylic acids is 1. The number of nitrogens with zero attached hydrogens (tertiary/aromatic N) is 1. The number of carboxylic acid groups (broad SMARTS) is 1. The molecule has 0 radical (unpaired) electrons. The first-order valence-corrected chi connectivity index (χ1v) is 6.38. The van der Waals surface area contributed by atoms with Crippen molar-refractivity contribution in [1.29, 1.82) is 0 Å². The van der Waals surface area contributed by atoms with Gasteiger partial charge in [-0.3, -0.25) is 14.4 Å². The van der Waals surface area contributed by atoms with Crippen LogP contribution in [-0.4, -0.2) is 53.0 Å². The summed E-state index contributed by atoms with van der Waals surface area (Å²) in [6, 6.07) is -1.65. The number of carbonyl (C=O) groups excluding carboxylic acids is 2. The van der Waals surface area contributed by atoms with Crippen molar-refractivity contribution >= 4 is 17.8 Å². The summed E-state index contributed by atoms with van der Waals surface area (Å²) >= 11 is 0. The van der Waals surface area contributed by atoms with Crippen molar-refractivity contribution in [3.63, 3.8) is 0 Å². The van der Waals surface area contributed by atoms with Crippen molar-refractivity contribution in [2.24, 2.45) is 11.7 Å². The average molecular weight is 271 g/mol. The molecule has 7 heteroatoms. The maximum atomic E-state index is 12.2. The van der Waals surface area contributed by atoms with E-state index in [0.717, 1.165) is 0 Å². The minimum atomic E-state index is -1.11. The van der Waals surface area contributed by atoms with Crippen LogP contribution in [0.4, 0.5) is 0 Å². The number of hydrogen-bond donors (Lipinski definition) is 3. The molecule has 1 heterocycles. The minimum absolute atomic E-state index is 0.260. The summed E-state index contributed by atoms with van der Waals surface area (Å²) in [7, 11) is 0. The molecular formula is C12H21N3O4. The van der Waals surface area contributed by atoms with E-state index in [0.29, 0.717) is 19.5 Å². The Labute approximate surface area is 112 Å². The molecule has 0 aromatic rings. The molecule has 0 spiro atoms. The van der Waals surface area contributed by atoms with Gasteiger partial charge in [-0.1, -0.05) is 13.8 Å². The Morgan fingerprint density at radius 2 is 2.16 bits per heavy atom. The Bertz CT molecular complexity index is 370. The quantitative estimate of drug-likeness (QED) is 0.603. The van der Waals surface area contributed by atoms with Crippen LogP contribution in [0.25, 0.3) is 0 Å². The Morgan fingerprint density at radius 1 is 1.53 bits per heavy atom. The van der Waals surface area contributed by atoms with Crippen LogP contribution >= 0.6 is 0 Å². The number of rotatable bonds is 5. The van der Waals surface area contributed by atoms with Gasteiger partial charge in [0, 0.05) is 13.1 Å². The van der Waals surface area contributed by atoms with Gasteiger partial charge in [0.1, 0.15) is 6.04 Å². The standard InChI is InChI=1S/C12H21N3O4/c1-7(2)5-8(13)12(19)15-4-3-14-11(18)9(15)6-10(16)17/h7-9H,3-6,13H2,1-2H3,(H,14,18)(H,16,17)/t8-,9?/m0/s1. The highest BCUT2D eigenvalue weighted by molar-refractivity contribution is 5.93. The lowest BCUT2D eigenvalue weighted by Gasteiger charge is -2.36. The maximum Gasteiger partial charge on any atom is 0.305 e. The second-order valence-electron chi connectivity index (χ2n) is 5.17. The van der Waals surface area contributed by atoms with Gasteiger partial charge in [-0.05, 0) is 12.3 Å². The number of piperazine rings is 1. The van der Waals surface area contributed by atoms with E-state index in [1.807, 2.05) is 13.8 Å². The fourth-order valence-electron chi connectivity index (χ4n) is 2.17. The predicted molar refractivity (Wildman–Crippen MR) is 68.2 cm³/mol. The van der Waals surface area contributed by atoms with Crippen molar-refractivity contribution in [2.45, 2.75) is 38.8 Å². The van der Waals surface area contributed by atoms with Crippen LogP contribution in [0.1, 0.15) is 26.7 Å². The van der Waals surface area contributed by atoms with E-state index in [4.69, 9.17) is 10.8 Å². The minimum Gasteiger partial charge on any atom is -0.481 e. The number of nitrogens with one attached hydrogen (secondary N) is 1. The summed E-state index contributed by atoms with van der Waals surface area (Å²) in [5.74, 6) is -1.64. The molecule has 1 fully saturated rings. The number of hydrogen-bond acceptors (Lipinski definition) is 4. The van der Waals surface area contributed by atoms with E-state index in [1.165, 1.54) is 4.90 Å². The Morgan fingerprint density at radius 3 is 2.68 bits per heavy atom. The molecule has 7 nitrogen and oxygen atoms in total. The fraction of sp³-hybridized carbons (Fsp3) is 0.750. The number of carbonyl (C=O) groups is 3. The van der Waals surface area contributed by atoms with Crippen molar-refractivity contribution in [1.82, 2.24) is 10.2 Å². The van der Waals surface area contributed by atoms with Gasteiger partial charge in [0.05, 0.1) is 12.5 Å². The van der Waals surface area contributed by atoms with E-state index < -0.39 is 30.4 Å². The summed E-state index contributed by atoms with van der Waals surface area (Å²) in [6.07, 6.45) is 0.114. The fourth-order valence-corrected chi connectivity index (χ4v) is 2.17. The van der Waals surface area contributed by atoms with Crippen LogP contribution < -0.4 is 11.1 Å². The molecular weight excluding hydrogens is 250 g/mol. The molecule has 0 aromatic carbocycles.